The number of rotatable bonds is 9. The second-order valence-electron chi connectivity index (χ2n) is 3.95. The van der Waals surface area contributed by atoms with Crippen molar-refractivity contribution in [3.8, 4) is 5.75 Å². The quantitative estimate of drug-likeness (QED) is 0.679. The average Bonchev–Trinajstić information content (AvgIpc) is 2.41. The minimum Gasteiger partial charge on any atom is -0.495 e. The molecule has 0 saturated heterocycles. The zero-order chi connectivity index (χ0) is 14.1. The molecule has 0 bridgehead atoms. The second kappa shape index (κ2) is 8.98. The molecule has 0 fully saturated rings. The third kappa shape index (κ3) is 6.11. The van der Waals surface area contributed by atoms with Crippen molar-refractivity contribution in [1.29, 1.82) is 0 Å². The van der Waals surface area contributed by atoms with Crippen molar-refractivity contribution in [3.05, 3.63) is 23.2 Å². The van der Waals surface area contributed by atoms with Crippen LogP contribution in [-0.4, -0.2) is 51.8 Å². The van der Waals surface area contributed by atoms with Crippen molar-refractivity contribution in [1.82, 2.24) is 0 Å². The molecule has 0 amide bonds. The maximum atomic E-state index is 9.69. The number of benzene rings is 1. The SMILES string of the molecule is COCCOCC(O)CNc1ccc(OC)c(Cl)c1. The molecule has 0 spiro atoms. The van der Waals surface area contributed by atoms with Crippen LogP contribution in [0.25, 0.3) is 0 Å². The fourth-order valence-corrected chi connectivity index (χ4v) is 1.69. The van der Waals surface area contributed by atoms with Crippen molar-refractivity contribution in [2.45, 2.75) is 6.10 Å². The van der Waals surface area contributed by atoms with Crippen molar-refractivity contribution in [2.75, 3.05) is 45.9 Å². The normalized spacial score (nSPS) is 12.2. The summed E-state index contributed by atoms with van der Waals surface area (Å²) >= 11 is 6.00. The van der Waals surface area contributed by atoms with Gasteiger partial charge in [-0.1, -0.05) is 11.6 Å². The predicted molar refractivity (Wildman–Crippen MR) is 75.2 cm³/mol. The van der Waals surface area contributed by atoms with Crippen LogP contribution in [0.5, 0.6) is 5.75 Å². The Balaban J connectivity index is 2.29. The molecule has 6 heteroatoms. The number of hydrogen-bond acceptors (Lipinski definition) is 5. The van der Waals surface area contributed by atoms with Crippen LogP contribution in [-0.2, 0) is 9.47 Å². The maximum Gasteiger partial charge on any atom is 0.137 e. The first-order chi connectivity index (χ1) is 9.17. The Labute approximate surface area is 118 Å². The van der Waals surface area contributed by atoms with E-state index in [1.54, 1.807) is 26.4 Å². The first-order valence-corrected chi connectivity index (χ1v) is 6.37. The van der Waals surface area contributed by atoms with Crippen LogP contribution in [0.2, 0.25) is 5.02 Å². The van der Waals surface area contributed by atoms with E-state index in [0.29, 0.717) is 30.5 Å². The van der Waals surface area contributed by atoms with Crippen molar-refractivity contribution in [3.63, 3.8) is 0 Å². The lowest BCUT2D eigenvalue weighted by atomic mass is 10.3. The van der Waals surface area contributed by atoms with Gasteiger partial charge in [0.1, 0.15) is 5.75 Å². The summed E-state index contributed by atoms with van der Waals surface area (Å²) in [4.78, 5) is 0. The Morgan fingerprint density at radius 3 is 2.74 bits per heavy atom. The molecule has 0 aliphatic heterocycles. The molecule has 1 rings (SSSR count). The van der Waals surface area contributed by atoms with Crippen molar-refractivity contribution < 1.29 is 19.3 Å². The van der Waals surface area contributed by atoms with E-state index >= 15 is 0 Å². The van der Waals surface area contributed by atoms with Crippen molar-refractivity contribution in [2.24, 2.45) is 0 Å². The van der Waals surface area contributed by atoms with E-state index < -0.39 is 6.10 Å². The van der Waals surface area contributed by atoms with Gasteiger partial charge in [-0.15, -0.1) is 0 Å². The van der Waals surface area contributed by atoms with E-state index in [9.17, 15) is 5.11 Å². The number of anilines is 1. The average molecular weight is 290 g/mol. The molecule has 0 radical (unpaired) electrons. The van der Waals surface area contributed by atoms with Gasteiger partial charge in [0.05, 0.1) is 38.1 Å². The van der Waals surface area contributed by atoms with Crippen LogP contribution in [0.15, 0.2) is 18.2 Å². The molecular weight excluding hydrogens is 270 g/mol. The number of hydrogen-bond donors (Lipinski definition) is 2. The molecule has 1 unspecified atom stereocenters. The molecular formula is C13H20ClNO4. The zero-order valence-electron chi connectivity index (χ0n) is 11.2. The highest BCUT2D eigenvalue weighted by atomic mass is 35.5. The summed E-state index contributed by atoms with van der Waals surface area (Å²) in [5.41, 5.74) is 0.821. The Bertz CT molecular complexity index is 376. The summed E-state index contributed by atoms with van der Waals surface area (Å²) in [6, 6.07) is 5.36. The minimum atomic E-state index is -0.585. The van der Waals surface area contributed by atoms with Gasteiger partial charge in [0.2, 0.25) is 0 Å². The third-order valence-electron chi connectivity index (χ3n) is 2.44. The van der Waals surface area contributed by atoms with E-state index in [1.165, 1.54) is 0 Å². The first kappa shape index (κ1) is 16.0. The van der Waals surface area contributed by atoms with Gasteiger partial charge in [-0.25, -0.2) is 0 Å². The Morgan fingerprint density at radius 1 is 1.32 bits per heavy atom. The van der Waals surface area contributed by atoms with Crippen LogP contribution in [0, 0.1) is 0 Å². The lowest BCUT2D eigenvalue weighted by Crippen LogP contribution is -2.25. The molecule has 19 heavy (non-hydrogen) atoms. The number of ether oxygens (including phenoxy) is 3. The zero-order valence-corrected chi connectivity index (χ0v) is 11.9. The Hall–Kier alpha value is -1.01. The van der Waals surface area contributed by atoms with E-state index in [1.807, 2.05) is 6.07 Å². The molecule has 108 valence electrons. The van der Waals surface area contributed by atoms with E-state index in [4.69, 9.17) is 25.8 Å². The summed E-state index contributed by atoms with van der Waals surface area (Å²) < 4.78 is 15.1. The van der Waals surface area contributed by atoms with Crippen LogP contribution in [0.3, 0.4) is 0 Å². The van der Waals surface area contributed by atoms with Crippen LogP contribution in [0.1, 0.15) is 0 Å². The number of aliphatic hydroxyl groups is 1. The fraction of sp³-hybridized carbons (Fsp3) is 0.538. The summed E-state index contributed by atoms with van der Waals surface area (Å²) in [5, 5.41) is 13.3. The topological polar surface area (TPSA) is 60.0 Å². The summed E-state index contributed by atoms with van der Waals surface area (Å²) in [7, 11) is 3.17. The van der Waals surface area contributed by atoms with E-state index in [0.717, 1.165) is 5.69 Å². The molecule has 0 aliphatic rings. The lowest BCUT2D eigenvalue weighted by Gasteiger charge is -2.14. The molecule has 1 aromatic rings. The van der Waals surface area contributed by atoms with Crippen LogP contribution < -0.4 is 10.1 Å². The second-order valence-corrected chi connectivity index (χ2v) is 4.36. The number of aliphatic hydroxyl groups excluding tert-OH is 1. The standard InChI is InChI=1S/C13H20ClNO4/c1-17-5-6-19-9-11(16)8-15-10-3-4-13(18-2)12(14)7-10/h3-4,7,11,15-16H,5-6,8-9H2,1-2H3. The number of halogens is 1. The first-order valence-electron chi connectivity index (χ1n) is 5.99. The van der Waals surface area contributed by atoms with Gasteiger partial charge in [-0.05, 0) is 18.2 Å². The fourth-order valence-electron chi connectivity index (χ4n) is 1.43. The molecule has 1 atom stereocenters. The maximum absolute atomic E-state index is 9.69. The van der Waals surface area contributed by atoms with Gasteiger partial charge in [0.25, 0.3) is 0 Å². The van der Waals surface area contributed by atoms with Crippen LogP contribution in [0.4, 0.5) is 5.69 Å². The highest BCUT2D eigenvalue weighted by molar-refractivity contribution is 6.32. The molecule has 0 saturated carbocycles. The summed E-state index contributed by atoms with van der Waals surface area (Å²) in [5.74, 6) is 0.621. The molecule has 2 N–H and O–H groups in total. The highest BCUT2D eigenvalue weighted by Gasteiger charge is 2.06. The predicted octanol–water partition coefficient (Wildman–Crippen LogP) is 1.78. The molecule has 0 aromatic heterocycles. The molecule has 5 nitrogen and oxygen atoms in total. The van der Waals surface area contributed by atoms with E-state index in [-0.39, 0.29) is 6.61 Å². The molecule has 0 heterocycles. The number of methoxy groups -OCH3 is 2. The molecule has 1 aromatic carbocycles. The molecule has 0 aliphatic carbocycles. The van der Waals surface area contributed by atoms with Crippen LogP contribution >= 0.6 is 11.6 Å². The van der Waals surface area contributed by atoms with Gasteiger partial charge >= 0.3 is 0 Å². The monoisotopic (exact) mass is 289 g/mol. The smallest absolute Gasteiger partial charge is 0.137 e. The minimum absolute atomic E-state index is 0.264. The summed E-state index contributed by atoms with van der Waals surface area (Å²) in [6.45, 7) is 1.64. The lowest BCUT2D eigenvalue weighted by molar-refractivity contribution is 0.0182. The van der Waals surface area contributed by atoms with Gasteiger partial charge in [-0.2, -0.15) is 0 Å². The van der Waals surface area contributed by atoms with Gasteiger partial charge in [0.15, 0.2) is 0 Å². The Morgan fingerprint density at radius 2 is 2.11 bits per heavy atom. The number of nitrogens with one attached hydrogen (secondary N) is 1. The van der Waals surface area contributed by atoms with Gasteiger partial charge in [0, 0.05) is 19.3 Å². The van der Waals surface area contributed by atoms with E-state index in [2.05, 4.69) is 5.32 Å². The van der Waals surface area contributed by atoms with Crippen molar-refractivity contribution >= 4 is 17.3 Å². The third-order valence-corrected chi connectivity index (χ3v) is 2.73. The largest absolute Gasteiger partial charge is 0.495 e. The van der Waals surface area contributed by atoms with Gasteiger partial charge in [-0.3, -0.25) is 0 Å². The Kier molecular flexibility index (Phi) is 7.59. The summed E-state index contributed by atoms with van der Waals surface area (Å²) in [6.07, 6.45) is -0.585. The highest BCUT2D eigenvalue weighted by Crippen LogP contribution is 2.27. The van der Waals surface area contributed by atoms with Gasteiger partial charge < -0.3 is 24.6 Å².